The molecule has 4 rings (SSSR count). The van der Waals surface area contributed by atoms with Gasteiger partial charge in [0.05, 0.1) is 25.9 Å². The number of nitrogens with zero attached hydrogens (tertiary/aromatic N) is 3. The van der Waals surface area contributed by atoms with Gasteiger partial charge in [0.15, 0.2) is 5.82 Å². The minimum atomic E-state index is -2.79. The van der Waals surface area contributed by atoms with E-state index in [1.54, 1.807) is 30.3 Å². The van der Waals surface area contributed by atoms with E-state index in [2.05, 4.69) is 15.3 Å². The second-order valence-corrected chi connectivity index (χ2v) is 8.17. The molecule has 0 unspecified atom stereocenters. The van der Waals surface area contributed by atoms with Gasteiger partial charge in [-0.1, -0.05) is 30.3 Å². The van der Waals surface area contributed by atoms with Crippen molar-refractivity contribution in [2.45, 2.75) is 31.2 Å². The van der Waals surface area contributed by atoms with Crippen LogP contribution in [0, 0.1) is 5.92 Å². The fourth-order valence-electron chi connectivity index (χ4n) is 3.23. The van der Waals surface area contributed by atoms with Gasteiger partial charge in [-0.3, -0.25) is 4.79 Å². The van der Waals surface area contributed by atoms with Crippen LogP contribution < -0.4 is 25.4 Å². The quantitative estimate of drug-likeness (QED) is 0.637. The molecule has 0 bridgehead atoms. The molecule has 2 aliphatic rings. The minimum absolute atomic E-state index is 0.0124. The number of nitrogens with two attached hydrogens (primary N) is 1. The molecular weight excluding hydrogens is 424 g/mol. The Balaban J connectivity index is 1.49. The predicted molar refractivity (Wildman–Crippen MR) is 110 cm³/mol. The number of ether oxygens (including phenoxy) is 2. The zero-order valence-electron chi connectivity index (χ0n) is 17.4. The topological polar surface area (TPSA) is 120 Å². The second kappa shape index (κ2) is 8.21. The van der Waals surface area contributed by atoms with Crippen LogP contribution in [0.5, 0.6) is 11.8 Å². The Morgan fingerprint density at radius 2 is 1.97 bits per heavy atom. The molecule has 1 saturated heterocycles. The number of halogens is 2. The average Bonchev–Trinajstić information content (AvgIpc) is 3.55. The lowest BCUT2D eigenvalue weighted by Crippen LogP contribution is -2.56. The Morgan fingerprint density at radius 3 is 2.56 bits per heavy atom. The second-order valence-electron chi connectivity index (χ2n) is 8.17. The monoisotopic (exact) mass is 447 g/mol. The van der Waals surface area contributed by atoms with Crippen molar-refractivity contribution >= 4 is 17.8 Å². The number of carbonyl (C=O) groups is 2. The molecule has 1 aliphatic heterocycles. The molecule has 0 radical (unpaired) electrons. The Labute approximate surface area is 182 Å². The van der Waals surface area contributed by atoms with Crippen molar-refractivity contribution in [1.82, 2.24) is 15.3 Å². The lowest BCUT2D eigenvalue weighted by molar-refractivity contribution is -0.123. The summed E-state index contributed by atoms with van der Waals surface area (Å²) in [6.45, 7) is 0.844. The van der Waals surface area contributed by atoms with E-state index in [1.165, 1.54) is 11.8 Å². The summed E-state index contributed by atoms with van der Waals surface area (Å²) in [5.74, 6) is -3.22. The molecule has 1 saturated carbocycles. The van der Waals surface area contributed by atoms with Crippen LogP contribution in [0.25, 0.3) is 0 Å². The number of alkyl halides is 2. The van der Waals surface area contributed by atoms with Crippen LogP contribution in [0.3, 0.4) is 0 Å². The summed E-state index contributed by atoms with van der Waals surface area (Å²) >= 11 is 0. The first-order valence-electron chi connectivity index (χ1n) is 10.1. The fraction of sp³-hybridized carbons (Fsp3) is 0.429. The Bertz CT molecular complexity index is 1010. The predicted octanol–water partition coefficient (Wildman–Crippen LogP) is 2.21. The third kappa shape index (κ3) is 4.71. The van der Waals surface area contributed by atoms with Crippen LogP contribution in [0.1, 0.15) is 25.3 Å². The first kappa shape index (κ1) is 21.7. The van der Waals surface area contributed by atoms with E-state index >= 15 is 0 Å². The lowest BCUT2D eigenvalue weighted by Gasteiger charge is -2.39. The van der Waals surface area contributed by atoms with Crippen molar-refractivity contribution in [2.75, 3.05) is 24.6 Å². The molecule has 1 aromatic heterocycles. The maximum absolute atomic E-state index is 13.3. The van der Waals surface area contributed by atoms with Crippen molar-refractivity contribution in [1.29, 1.82) is 0 Å². The van der Waals surface area contributed by atoms with Gasteiger partial charge < -0.3 is 25.4 Å². The summed E-state index contributed by atoms with van der Waals surface area (Å²) in [5.41, 5.74) is 4.46. The van der Waals surface area contributed by atoms with Gasteiger partial charge >= 0.3 is 6.09 Å². The highest BCUT2D eigenvalue weighted by molar-refractivity contribution is 5.89. The SMILES string of the molecule is C[C@@](NC(=O)Oc1cnc(N2CC(F)(F)C2)c(OCC2CC2)n1)(C(N)=O)c1ccccc1. The van der Waals surface area contributed by atoms with Crippen LogP contribution in [0.15, 0.2) is 36.5 Å². The maximum Gasteiger partial charge on any atom is 0.415 e. The summed E-state index contributed by atoms with van der Waals surface area (Å²) in [6, 6.07) is 8.46. The molecule has 1 aliphatic carbocycles. The van der Waals surface area contributed by atoms with E-state index in [1.807, 2.05) is 0 Å². The van der Waals surface area contributed by atoms with Crippen LogP contribution >= 0.6 is 0 Å². The number of primary amides is 1. The number of amides is 2. The molecule has 1 aromatic carbocycles. The van der Waals surface area contributed by atoms with Gasteiger partial charge in [-0.15, -0.1) is 0 Å². The summed E-state index contributed by atoms with van der Waals surface area (Å²) in [7, 11) is 0. The zero-order valence-corrected chi connectivity index (χ0v) is 17.4. The Kier molecular flexibility index (Phi) is 5.57. The number of hydrogen-bond donors (Lipinski definition) is 2. The number of carbonyl (C=O) groups excluding carboxylic acids is 2. The molecule has 1 atom stereocenters. The minimum Gasteiger partial charge on any atom is -0.475 e. The van der Waals surface area contributed by atoms with Crippen molar-refractivity contribution in [3.63, 3.8) is 0 Å². The molecular formula is C21H23F2N5O4. The van der Waals surface area contributed by atoms with Gasteiger partial charge in [0, 0.05) is 0 Å². The van der Waals surface area contributed by atoms with E-state index in [-0.39, 0.29) is 17.6 Å². The van der Waals surface area contributed by atoms with Crippen LogP contribution in [0.4, 0.5) is 19.4 Å². The van der Waals surface area contributed by atoms with Gasteiger partial charge in [-0.2, -0.15) is 4.98 Å². The molecule has 170 valence electrons. The van der Waals surface area contributed by atoms with Gasteiger partial charge in [-0.05, 0) is 31.2 Å². The molecule has 2 aromatic rings. The normalized spacial score (nSPS) is 18.8. The van der Waals surface area contributed by atoms with Gasteiger partial charge in [0.1, 0.15) is 5.54 Å². The highest BCUT2D eigenvalue weighted by atomic mass is 19.3. The molecule has 2 amide bonds. The number of anilines is 1. The third-order valence-corrected chi connectivity index (χ3v) is 5.39. The molecule has 9 nitrogen and oxygen atoms in total. The molecule has 0 spiro atoms. The summed E-state index contributed by atoms with van der Waals surface area (Å²) in [6.07, 6.45) is 2.20. The Morgan fingerprint density at radius 1 is 1.28 bits per heavy atom. The first-order chi connectivity index (χ1) is 15.2. The van der Waals surface area contributed by atoms with Crippen LogP contribution in [-0.2, 0) is 10.3 Å². The van der Waals surface area contributed by atoms with Gasteiger partial charge in [-0.25, -0.2) is 18.6 Å². The van der Waals surface area contributed by atoms with Gasteiger partial charge in [0.2, 0.25) is 11.8 Å². The first-order valence-corrected chi connectivity index (χ1v) is 10.1. The van der Waals surface area contributed by atoms with E-state index in [4.69, 9.17) is 15.2 Å². The largest absolute Gasteiger partial charge is 0.475 e. The molecule has 11 heteroatoms. The number of rotatable bonds is 8. The number of aromatic nitrogens is 2. The smallest absolute Gasteiger partial charge is 0.415 e. The zero-order chi connectivity index (χ0) is 22.9. The highest BCUT2D eigenvalue weighted by Crippen LogP contribution is 2.37. The van der Waals surface area contributed by atoms with Crippen molar-refractivity contribution < 1.29 is 27.8 Å². The van der Waals surface area contributed by atoms with Crippen molar-refractivity contribution in [2.24, 2.45) is 11.7 Å². The maximum atomic E-state index is 13.3. The van der Waals surface area contributed by atoms with Gasteiger partial charge in [0.25, 0.3) is 11.8 Å². The summed E-state index contributed by atoms with van der Waals surface area (Å²) < 4.78 is 37.5. The molecule has 32 heavy (non-hydrogen) atoms. The molecule has 2 heterocycles. The lowest BCUT2D eigenvalue weighted by atomic mass is 9.91. The highest BCUT2D eigenvalue weighted by Gasteiger charge is 2.46. The van der Waals surface area contributed by atoms with Crippen molar-refractivity contribution in [3.8, 4) is 11.8 Å². The van der Waals surface area contributed by atoms with E-state index in [0.29, 0.717) is 18.1 Å². The average molecular weight is 447 g/mol. The molecule has 3 N–H and O–H groups in total. The fourth-order valence-corrected chi connectivity index (χ4v) is 3.23. The van der Waals surface area contributed by atoms with E-state index in [0.717, 1.165) is 19.0 Å². The van der Waals surface area contributed by atoms with E-state index < -0.39 is 36.6 Å². The standard InChI is InChI=1S/C21H23F2N5O4/c1-20(18(24)29,14-5-3-2-4-6-14)27-19(30)32-15-9-25-16(28-11-21(22,23)12-28)17(26-15)31-10-13-7-8-13/h2-6,9,13H,7-8,10-12H2,1H3,(H2,24,29)(H,27,30)/t20-/m0/s1. The summed E-state index contributed by atoms with van der Waals surface area (Å²) in [5, 5.41) is 2.45. The third-order valence-electron chi connectivity index (χ3n) is 5.39. The van der Waals surface area contributed by atoms with Crippen LogP contribution in [-0.4, -0.2) is 47.6 Å². The molecule has 2 fully saturated rings. The van der Waals surface area contributed by atoms with E-state index in [9.17, 15) is 18.4 Å². The van der Waals surface area contributed by atoms with Crippen molar-refractivity contribution in [3.05, 3.63) is 42.1 Å². The number of benzene rings is 1. The summed E-state index contributed by atoms with van der Waals surface area (Å²) in [4.78, 5) is 34.2. The number of nitrogens with one attached hydrogen (secondary N) is 1. The number of hydrogen-bond acceptors (Lipinski definition) is 7. The van der Waals surface area contributed by atoms with Crippen LogP contribution in [0.2, 0.25) is 0 Å². The Hall–Kier alpha value is -3.50.